The maximum absolute atomic E-state index is 11.7. The zero-order chi connectivity index (χ0) is 14.6. The van der Waals surface area contributed by atoms with Crippen molar-refractivity contribution in [3.63, 3.8) is 0 Å². The molecule has 0 heterocycles. The molecule has 0 radical (unpaired) electrons. The van der Waals surface area contributed by atoms with E-state index in [1.165, 1.54) is 0 Å². The molecular formula is C14H21ClN2O2. The SMILES string of the molecule is COc1cc(Cl)c(C)cc1NCC(=O)NC(C)(C)C. The summed E-state index contributed by atoms with van der Waals surface area (Å²) >= 11 is 6.03. The van der Waals surface area contributed by atoms with Gasteiger partial charge in [-0.05, 0) is 39.3 Å². The molecule has 0 aliphatic carbocycles. The summed E-state index contributed by atoms with van der Waals surface area (Å²) in [6, 6.07) is 3.60. The maximum Gasteiger partial charge on any atom is 0.239 e. The van der Waals surface area contributed by atoms with Crippen molar-refractivity contribution in [2.24, 2.45) is 0 Å². The van der Waals surface area contributed by atoms with Gasteiger partial charge in [-0.15, -0.1) is 0 Å². The third kappa shape index (κ3) is 4.99. The van der Waals surface area contributed by atoms with Gasteiger partial charge < -0.3 is 15.4 Å². The number of hydrogen-bond donors (Lipinski definition) is 2. The van der Waals surface area contributed by atoms with Crippen LogP contribution in [0.3, 0.4) is 0 Å². The maximum atomic E-state index is 11.7. The van der Waals surface area contributed by atoms with Crippen LogP contribution in [0.15, 0.2) is 12.1 Å². The van der Waals surface area contributed by atoms with Crippen LogP contribution in [0.1, 0.15) is 26.3 Å². The minimum absolute atomic E-state index is 0.0674. The molecule has 2 N–H and O–H groups in total. The van der Waals surface area contributed by atoms with E-state index in [9.17, 15) is 4.79 Å². The molecule has 0 spiro atoms. The van der Waals surface area contributed by atoms with Crippen LogP contribution in [0.2, 0.25) is 5.02 Å². The lowest BCUT2D eigenvalue weighted by Gasteiger charge is -2.21. The summed E-state index contributed by atoms with van der Waals surface area (Å²) in [5, 5.41) is 6.58. The molecule has 1 amide bonds. The van der Waals surface area contributed by atoms with Crippen LogP contribution < -0.4 is 15.4 Å². The Balaban J connectivity index is 2.72. The van der Waals surface area contributed by atoms with E-state index in [0.29, 0.717) is 10.8 Å². The summed E-state index contributed by atoms with van der Waals surface area (Å²) < 4.78 is 5.24. The number of halogens is 1. The predicted molar refractivity (Wildman–Crippen MR) is 79.1 cm³/mol. The minimum atomic E-state index is -0.237. The average molecular weight is 285 g/mol. The van der Waals surface area contributed by atoms with Gasteiger partial charge in [0.25, 0.3) is 0 Å². The molecule has 0 bridgehead atoms. The molecule has 106 valence electrons. The summed E-state index contributed by atoms with van der Waals surface area (Å²) in [7, 11) is 1.57. The highest BCUT2D eigenvalue weighted by Gasteiger charge is 2.14. The molecule has 0 saturated carbocycles. The van der Waals surface area contributed by atoms with Crippen molar-refractivity contribution in [3.05, 3.63) is 22.7 Å². The number of ether oxygens (including phenoxy) is 1. The number of hydrogen-bond acceptors (Lipinski definition) is 3. The van der Waals surface area contributed by atoms with Crippen molar-refractivity contribution < 1.29 is 9.53 Å². The van der Waals surface area contributed by atoms with E-state index in [4.69, 9.17) is 16.3 Å². The highest BCUT2D eigenvalue weighted by atomic mass is 35.5. The number of carbonyl (C=O) groups excluding carboxylic acids is 1. The second-order valence-corrected chi connectivity index (χ2v) is 5.86. The highest BCUT2D eigenvalue weighted by molar-refractivity contribution is 6.31. The van der Waals surface area contributed by atoms with Gasteiger partial charge >= 0.3 is 0 Å². The number of anilines is 1. The molecule has 0 saturated heterocycles. The molecular weight excluding hydrogens is 264 g/mol. The zero-order valence-corrected chi connectivity index (χ0v) is 12.8. The van der Waals surface area contributed by atoms with Crippen LogP contribution >= 0.6 is 11.6 Å². The van der Waals surface area contributed by atoms with Crippen LogP contribution in [0.4, 0.5) is 5.69 Å². The highest BCUT2D eigenvalue weighted by Crippen LogP contribution is 2.30. The lowest BCUT2D eigenvalue weighted by molar-refractivity contribution is -0.120. The lowest BCUT2D eigenvalue weighted by Crippen LogP contribution is -2.43. The Bertz CT molecular complexity index is 467. The van der Waals surface area contributed by atoms with E-state index in [1.807, 2.05) is 33.8 Å². The number of rotatable bonds is 4. The first-order chi connectivity index (χ1) is 8.73. The third-order valence-electron chi connectivity index (χ3n) is 2.43. The van der Waals surface area contributed by atoms with Crippen LogP contribution in [-0.4, -0.2) is 25.1 Å². The Morgan fingerprint density at radius 1 is 1.37 bits per heavy atom. The molecule has 1 aromatic rings. The molecule has 0 aliphatic heterocycles. The summed E-state index contributed by atoms with van der Waals surface area (Å²) in [5.41, 5.74) is 1.45. The zero-order valence-electron chi connectivity index (χ0n) is 12.1. The van der Waals surface area contributed by atoms with Crippen LogP contribution in [-0.2, 0) is 4.79 Å². The van der Waals surface area contributed by atoms with E-state index in [-0.39, 0.29) is 18.0 Å². The quantitative estimate of drug-likeness (QED) is 0.894. The van der Waals surface area contributed by atoms with Gasteiger partial charge in [-0.25, -0.2) is 0 Å². The monoisotopic (exact) mass is 284 g/mol. The van der Waals surface area contributed by atoms with E-state index >= 15 is 0 Å². The van der Waals surface area contributed by atoms with Gasteiger partial charge in [0.15, 0.2) is 0 Å². The Morgan fingerprint density at radius 2 is 2.00 bits per heavy atom. The second-order valence-electron chi connectivity index (χ2n) is 5.45. The fraction of sp³-hybridized carbons (Fsp3) is 0.500. The number of amides is 1. The lowest BCUT2D eigenvalue weighted by atomic mass is 10.1. The van der Waals surface area contributed by atoms with Crippen molar-refractivity contribution in [3.8, 4) is 5.75 Å². The van der Waals surface area contributed by atoms with E-state index in [1.54, 1.807) is 13.2 Å². The summed E-state index contributed by atoms with van der Waals surface area (Å²) in [6.45, 7) is 7.92. The van der Waals surface area contributed by atoms with Crippen molar-refractivity contribution in [1.29, 1.82) is 0 Å². The van der Waals surface area contributed by atoms with Gasteiger partial charge in [-0.3, -0.25) is 4.79 Å². The van der Waals surface area contributed by atoms with Crippen LogP contribution in [0.5, 0.6) is 5.75 Å². The fourth-order valence-corrected chi connectivity index (χ4v) is 1.76. The van der Waals surface area contributed by atoms with Crippen molar-refractivity contribution in [2.75, 3.05) is 19.0 Å². The van der Waals surface area contributed by atoms with Crippen molar-refractivity contribution >= 4 is 23.2 Å². The van der Waals surface area contributed by atoms with Crippen LogP contribution in [0.25, 0.3) is 0 Å². The predicted octanol–water partition coefficient (Wildman–Crippen LogP) is 2.98. The van der Waals surface area contributed by atoms with E-state index < -0.39 is 0 Å². The van der Waals surface area contributed by atoms with Crippen LogP contribution in [0, 0.1) is 6.92 Å². The molecule has 1 rings (SSSR count). The number of aryl methyl sites for hydroxylation is 1. The first kappa shape index (κ1) is 15.6. The Kier molecular flexibility index (Phi) is 5.06. The van der Waals surface area contributed by atoms with E-state index in [2.05, 4.69) is 10.6 Å². The molecule has 5 heteroatoms. The number of carbonyl (C=O) groups is 1. The molecule has 1 aromatic carbocycles. The normalized spacial score (nSPS) is 11.1. The van der Waals surface area contributed by atoms with Gasteiger partial charge in [0, 0.05) is 16.6 Å². The molecule has 0 atom stereocenters. The number of benzene rings is 1. The summed E-state index contributed by atoms with van der Waals surface area (Å²) in [4.78, 5) is 11.7. The van der Waals surface area contributed by atoms with Gasteiger partial charge in [0.2, 0.25) is 5.91 Å². The largest absolute Gasteiger partial charge is 0.495 e. The van der Waals surface area contributed by atoms with Gasteiger partial charge in [-0.1, -0.05) is 11.6 Å². The van der Waals surface area contributed by atoms with E-state index in [0.717, 1.165) is 11.3 Å². The number of nitrogens with one attached hydrogen (secondary N) is 2. The average Bonchev–Trinajstić information content (AvgIpc) is 2.28. The smallest absolute Gasteiger partial charge is 0.239 e. The molecule has 0 fully saturated rings. The topological polar surface area (TPSA) is 50.4 Å². The molecule has 0 unspecified atom stereocenters. The van der Waals surface area contributed by atoms with Crippen molar-refractivity contribution in [1.82, 2.24) is 5.32 Å². The Labute approximate surface area is 119 Å². The van der Waals surface area contributed by atoms with Gasteiger partial charge in [0.1, 0.15) is 5.75 Å². The molecule has 0 aliphatic rings. The summed E-state index contributed by atoms with van der Waals surface area (Å²) in [6.07, 6.45) is 0. The standard InChI is InChI=1S/C14H21ClN2O2/c1-9-6-11(12(19-5)7-10(9)15)16-8-13(18)17-14(2,3)4/h6-7,16H,8H2,1-5H3,(H,17,18). The fourth-order valence-electron chi connectivity index (χ4n) is 1.61. The van der Waals surface area contributed by atoms with Gasteiger partial charge in [-0.2, -0.15) is 0 Å². The molecule has 0 aromatic heterocycles. The Hall–Kier alpha value is -1.42. The number of methoxy groups -OCH3 is 1. The summed E-state index contributed by atoms with van der Waals surface area (Å²) in [5.74, 6) is 0.557. The first-order valence-corrected chi connectivity index (χ1v) is 6.50. The third-order valence-corrected chi connectivity index (χ3v) is 2.84. The Morgan fingerprint density at radius 3 is 2.53 bits per heavy atom. The van der Waals surface area contributed by atoms with Gasteiger partial charge in [0.05, 0.1) is 19.3 Å². The molecule has 19 heavy (non-hydrogen) atoms. The second kappa shape index (κ2) is 6.15. The van der Waals surface area contributed by atoms with Crippen molar-refractivity contribution in [2.45, 2.75) is 33.2 Å². The first-order valence-electron chi connectivity index (χ1n) is 6.12. The minimum Gasteiger partial charge on any atom is -0.495 e. The molecule has 4 nitrogen and oxygen atoms in total.